The van der Waals surface area contributed by atoms with E-state index in [4.69, 9.17) is 10.2 Å². The molecule has 0 fully saturated rings. The molecule has 84 valence electrons. The number of carboxylic acids is 2. The van der Waals surface area contributed by atoms with E-state index in [1.807, 2.05) is 0 Å². The molecule has 4 nitrogen and oxygen atoms in total. The minimum absolute atomic E-state index is 0. The van der Waals surface area contributed by atoms with Crippen LogP contribution in [0.2, 0.25) is 0 Å². The van der Waals surface area contributed by atoms with Gasteiger partial charge in [-0.05, 0) is 22.9 Å². The topological polar surface area (TPSA) is 74.6 Å². The number of aromatic carboxylic acids is 2. The number of carbonyl (C=O) groups is 2. The molecule has 2 aromatic rings. The molecule has 2 N–H and O–H groups in total. The fourth-order valence-corrected chi connectivity index (χ4v) is 1.68. The summed E-state index contributed by atoms with van der Waals surface area (Å²) in [6.07, 6.45) is 0. The summed E-state index contributed by atoms with van der Waals surface area (Å²) in [5.74, 6) is -2.12. The van der Waals surface area contributed by atoms with Crippen LogP contribution < -0.4 is 0 Å². The molecule has 0 saturated heterocycles. The molecule has 2 aromatic carbocycles. The first-order valence-electron chi connectivity index (χ1n) is 4.59. The fourth-order valence-electron chi connectivity index (χ4n) is 1.68. The quantitative estimate of drug-likeness (QED) is 0.866. The molecule has 5 heteroatoms. The van der Waals surface area contributed by atoms with Crippen LogP contribution in [0.5, 0.6) is 0 Å². The van der Waals surface area contributed by atoms with E-state index < -0.39 is 11.9 Å². The minimum Gasteiger partial charge on any atom is -0.478 e. The van der Waals surface area contributed by atoms with Crippen LogP contribution >= 0.6 is 0 Å². The van der Waals surface area contributed by atoms with Crippen molar-refractivity contribution in [3.63, 3.8) is 0 Å². The van der Waals surface area contributed by atoms with Gasteiger partial charge in [-0.3, -0.25) is 0 Å². The molecule has 0 aliphatic heterocycles. The molecular weight excluding hydrogens is 348 g/mol. The van der Waals surface area contributed by atoms with Crippen molar-refractivity contribution < 1.29 is 61.5 Å². The van der Waals surface area contributed by atoms with Crippen LogP contribution in [0, 0.1) is 41.7 Å². The predicted octanol–water partition coefficient (Wildman–Crippen LogP) is 2.24. The van der Waals surface area contributed by atoms with E-state index in [0.29, 0.717) is 10.8 Å². The molecule has 0 bridgehead atoms. The van der Waals surface area contributed by atoms with E-state index in [-0.39, 0.29) is 52.9 Å². The van der Waals surface area contributed by atoms with Crippen LogP contribution in [-0.4, -0.2) is 22.2 Å². The smallest absolute Gasteiger partial charge is 0.336 e. The Labute approximate surface area is 131 Å². The maximum absolute atomic E-state index is 10.9. The average molecular weight is 356 g/mol. The molecule has 0 atom stereocenters. The van der Waals surface area contributed by atoms with Crippen LogP contribution in [-0.2, 0) is 0 Å². The summed E-state index contributed by atoms with van der Waals surface area (Å²) in [5, 5.41) is 18.8. The summed E-state index contributed by atoms with van der Waals surface area (Å²) in [6.45, 7) is 0. The summed E-state index contributed by atoms with van der Waals surface area (Å²) < 4.78 is 0. The predicted molar refractivity (Wildman–Crippen MR) is 57.9 cm³/mol. The molecule has 0 heterocycles. The SMILES string of the molecule is O=C(O)c1cccc2c(C(=O)O)cccc12.[Ce]. The van der Waals surface area contributed by atoms with Gasteiger partial charge in [0.05, 0.1) is 11.1 Å². The van der Waals surface area contributed by atoms with Crippen LogP contribution in [0.25, 0.3) is 10.8 Å². The number of fused-ring (bicyclic) bond motifs is 1. The van der Waals surface area contributed by atoms with Gasteiger partial charge >= 0.3 is 11.9 Å². The van der Waals surface area contributed by atoms with Gasteiger partial charge in [0.2, 0.25) is 0 Å². The molecule has 0 radical (unpaired) electrons. The van der Waals surface area contributed by atoms with E-state index >= 15 is 0 Å². The van der Waals surface area contributed by atoms with Gasteiger partial charge < -0.3 is 10.2 Å². The van der Waals surface area contributed by atoms with Crippen molar-refractivity contribution in [2.75, 3.05) is 0 Å². The van der Waals surface area contributed by atoms with Gasteiger partial charge in [-0.25, -0.2) is 9.59 Å². The zero-order valence-corrected chi connectivity index (χ0v) is 11.8. The molecule has 0 spiro atoms. The Kier molecular flexibility index (Phi) is 4.61. The zero-order chi connectivity index (χ0) is 11.7. The van der Waals surface area contributed by atoms with Gasteiger partial charge in [0.25, 0.3) is 0 Å². The number of carboxylic acid groups (broad SMARTS) is 2. The molecule has 17 heavy (non-hydrogen) atoms. The Morgan fingerprint density at radius 2 is 1.12 bits per heavy atom. The van der Waals surface area contributed by atoms with E-state index in [1.54, 1.807) is 12.1 Å². The minimum atomic E-state index is -1.06. The first-order valence-corrected chi connectivity index (χ1v) is 4.59. The fraction of sp³-hybridized carbons (Fsp3) is 0. The van der Waals surface area contributed by atoms with Gasteiger partial charge in [-0.1, -0.05) is 24.3 Å². The van der Waals surface area contributed by atoms with Crippen LogP contribution in [0.1, 0.15) is 20.7 Å². The molecule has 0 unspecified atom stereocenters. The van der Waals surface area contributed by atoms with E-state index in [1.165, 1.54) is 24.3 Å². The summed E-state index contributed by atoms with van der Waals surface area (Å²) in [7, 11) is 0. The third kappa shape index (κ3) is 2.64. The maximum atomic E-state index is 10.9. The normalized spacial score (nSPS) is 9.65. The van der Waals surface area contributed by atoms with Crippen LogP contribution in [0.4, 0.5) is 0 Å². The van der Waals surface area contributed by atoms with Crippen LogP contribution in [0.3, 0.4) is 0 Å². The van der Waals surface area contributed by atoms with E-state index in [9.17, 15) is 9.59 Å². The third-order valence-corrected chi connectivity index (χ3v) is 2.38. The largest absolute Gasteiger partial charge is 0.478 e. The number of benzene rings is 2. The van der Waals surface area contributed by atoms with Gasteiger partial charge in [-0.2, -0.15) is 0 Å². The van der Waals surface area contributed by atoms with Crippen molar-refractivity contribution in [2.45, 2.75) is 0 Å². The molecule has 0 amide bonds. The first-order chi connectivity index (χ1) is 7.61. The monoisotopic (exact) mass is 356 g/mol. The third-order valence-electron chi connectivity index (χ3n) is 2.38. The summed E-state index contributed by atoms with van der Waals surface area (Å²) in [6, 6.07) is 9.19. The van der Waals surface area contributed by atoms with Crippen LogP contribution in [0.15, 0.2) is 36.4 Å². The molecule has 0 aliphatic rings. The van der Waals surface area contributed by atoms with Crippen molar-refractivity contribution in [3.05, 3.63) is 47.5 Å². The van der Waals surface area contributed by atoms with Crippen molar-refractivity contribution >= 4 is 22.7 Å². The Morgan fingerprint density at radius 3 is 1.41 bits per heavy atom. The average Bonchev–Trinajstić information content (AvgIpc) is 2.27. The van der Waals surface area contributed by atoms with Crippen molar-refractivity contribution in [1.29, 1.82) is 0 Å². The summed E-state index contributed by atoms with van der Waals surface area (Å²) in [5.41, 5.74) is 0.223. The summed E-state index contributed by atoms with van der Waals surface area (Å²) >= 11 is 0. The second-order valence-electron chi connectivity index (χ2n) is 3.32. The number of hydrogen-bond acceptors (Lipinski definition) is 2. The molecule has 0 saturated carbocycles. The van der Waals surface area contributed by atoms with Gasteiger partial charge in [0, 0.05) is 41.7 Å². The summed E-state index contributed by atoms with van der Waals surface area (Å²) in [4.78, 5) is 21.9. The molecule has 0 aromatic heterocycles. The van der Waals surface area contributed by atoms with Gasteiger partial charge in [0.15, 0.2) is 0 Å². The van der Waals surface area contributed by atoms with Gasteiger partial charge in [0.1, 0.15) is 0 Å². The van der Waals surface area contributed by atoms with E-state index in [2.05, 4.69) is 0 Å². The van der Waals surface area contributed by atoms with Crippen molar-refractivity contribution in [3.8, 4) is 0 Å². The van der Waals surface area contributed by atoms with Gasteiger partial charge in [-0.15, -0.1) is 0 Å². The van der Waals surface area contributed by atoms with Crippen molar-refractivity contribution in [1.82, 2.24) is 0 Å². The number of rotatable bonds is 2. The van der Waals surface area contributed by atoms with E-state index in [0.717, 1.165) is 0 Å². The number of hydrogen-bond donors (Lipinski definition) is 2. The Hall–Kier alpha value is -0.983. The molecule has 2 rings (SSSR count). The van der Waals surface area contributed by atoms with Crippen molar-refractivity contribution in [2.24, 2.45) is 0 Å². The molecular formula is C12H8CeO4. The Morgan fingerprint density at radius 1 is 0.765 bits per heavy atom. The second-order valence-corrected chi connectivity index (χ2v) is 3.32. The Balaban J connectivity index is 0.00000144. The zero-order valence-electron chi connectivity index (χ0n) is 8.68. The standard InChI is InChI=1S/C12H8O4.Ce/c13-11(14)9-5-1-3-7-8(9)4-2-6-10(7)12(15)16;/h1-6H,(H,13,14)(H,15,16);. The second kappa shape index (κ2) is 5.57. The Bertz CT molecular complexity index is 539. The molecule has 0 aliphatic carbocycles. The first kappa shape index (κ1) is 14.1. The maximum Gasteiger partial charge on any atom is 0.336 e.